The number of anilines is 2. The molecule has 0 saturated heterocycles. The highest BCUT2D eigenvalue weighted by Gasteiger charge is 2.16. The van der Waals surface area contributed by atoms with Crippen molar-refractivity contribution in [2.24, 2.45) is 0 Å². The SMILES string of the molecule is CN(C)CCN(Cc1ccc(C(=O)Cc2cscc2N)nc1)C(=O)Nc1cccc(F)c1. The Hall–Kier alpha value is -3.30. The number of rotatable bonds is 9. The van der Waals surface area contributed by atoms with E-state index in [9.17, 15) is 14.0 Å². The highest BCUT2D eigenvalue weighted by Crippen LogP contribution is 2.19. The molecule has 0 aliphatic heterocycles. The highest BCUT2D eigenvalue weighted by atomic mass is 32.1. The van der Waals surface area contributed by atoms with Gasteiger partial charge >= 0.3 is 6.03 Å². The van der Waals surface area contributed by atoms with Crippen LogP contribution in [0.5, 0.6) is 0 Å². The number of urea groups is 1. The molecule has 0 saturated carbocycles. The van der Waals surface area contributed by atoms with E-state index in [1.54, 1.807) is 40.7 Å². The van der Waals surface area contributed by atoms with Crippen LogP contribution < -0.4 is 11.1 Å². The van der Waals surface area contributed by atoms with Crippen LogP contribution in [0.1, 0.15) is 21.6 Å². The first kappa shape index (κ1) is 23.4. The third-order valence-corrected chi connectivity index (χ3v) is 5.60. The van der Waals surface area contributed by atoms with E-state index in [1.807, 2.05) is 24.4 Å². The fourth-order valence-corrected chi connectivity index (χ4v) is 3.74. The summed E-state index contributed by atoms with van der Waals surface area (Å²) in [5.74, 6) is -0.536. The van der Waals surface area contributed by atoms with E-state index in [0.717, 1.165) is 11.1 Å². The maximum Gasteiger partial charge on any atom is 0.322 e. The first-order valence-electron chi connectivity index (χ1n) is 10.1. The molecular weight excluding hydrogens is 429 g/mol. The second-order valence-corrected chi connectivity index (χ2v) is 8.41. The van der Waals surface area contributed by atoms with Gasteiger partial charge in [-0.05, 0) is 54.9 Å². The number of nitrogens with two attached hydrogens (primary N) is 1. The standard InChI is InChI=1S/C23H26FN5O2S/c1-28(2)8-9-29(23(31)27-19-5-3-4-18(24)11-19)13-16-6-7-21(26-12-16)22(30)10-17-14-32-15-20(17)25/h3-7,11-12,14-15H,8-10,13,25H2,1-2H3,(H,27,31). The number of Topliss-reactive ketones (excluding diaryl/α,β-unsaturated/α-hetero) is 1. The molecule has 9 heteroatoms. The van der Waals surface area contributed by atoms with Crippen LogP contribution >= 0.6 is 11.3 Å². The third-order valence-electron chi connectivity index (χ3n) is 4.79. The minimum absolute atomic E-state index is 0.116. The quantitative estimate of drug-likeness (QED) is 0.478. The highest BCUT2D eigenvalue weighted by molar-refractivity contribution is 7.08. The summed E-state index contributed by atoms with van der Waals surface area (Å²) < 4.78 is 13.4. The van der Waals surface area contributed by atoms with Crippen molar-refractivity contribution in [1.29, 1.82) is 0 Å². The summed E-state index contributed by atoms with van der Waals surface area (Å²) in [5.41, 5.74) is 8.79. The molecule has 168 valence electrons. The molecule has 1 aromatic carbocycles. The molecule has 0 radical (unpaired) electrons. The Morgan fingerprint density at radius 2 is 1.97 bits per heavy atom. The third kappa shape index (κ3) is 6.60. The van der Waals surface area contributed by atoms with E-state index in [2.05, 4.69) is 10.3 Å². The minimum Gasteiger partial charge on any atom is -0.398 e. The van der Waals surface area contributed by atoms with Gasteiger partial charge in [0.05, 0.1) is 0 Å². The molecule has 0 unspecified atom stereocenters. The molecule has 7 nitrogen and oxygen atoms in total. The number of carbonyl (C=O) groups is 2. The molecule has 3 aromatic rings. The Labute approximate surface area is 190 Å². The van der Waals surface area contributed by atoms with Crippen LogP contribution in [0.15, 0.2) is 53.4 Å². The van der Waals surface area contributed by atoms with Crippen molar-refractivity contribution in [3.8, 4) is 0 Å². The van der Waals surface area contributed by atoms with Crippen molar-refractivity contribution < 1.29 is 14.0 Å². The van der Waals surface area contributed by atoms with Gasteiger partial charge in [0.1, 0.15) is 11.5 Å². The fraction of sp³-hybridized carbons (Fsp3) is 0.261. The van der Waals surface area contributed by atoms with E-state index in [4.69, 9.17) is 5.73 Å². The number of hydrogen-bond acceptors (Lipinski definition) is 6. The summed E-state index contributed by atoms with van der Waals surface area (Å²) in [7, 11) is 3.84. The van der Waals surface area contributed by atoms with E-state index >= 15 is 0 Å². The molecule has 0 bridgehead atoms. The molecule has 3 rings (SSSR count). The number of halogens is 1. The number of carbonyl (C=O) groups excluding carboxylic acids is 2. The average Bonchev–Trinajstić information content (AvgIpc) is 3.15. The van der Waals surface area contributed by atoms with Crippen LogP contribution in [0.4, 0.5) is 20.6 Å². The fourth-order valence-electron chi connectivity index (χ4n) is 2.99. The Bertz CT molecular complexity index is 1070. The van der Waals surface area contributed by atoms with Crippen molar-refractivity contribution in [3.05, 3.63) is 76.0 Å². The van der Waals surface area contributed by atoms with Gasteiger partial charge in [-0.15, -0.1) is 11.3 Å². The summed E-state index contributed by atoms with van der Waals surface area (Å²) in [6.07, 6.45) is 1.80. The summed E-state index contributed by atoms with van der Waals surface area (Å²) in [5, 5.41) is 6.39. The number of amides is 2. The normalized spacial score (nSPS) is 10.9. The molecule has 0 aliphatic carbocycles. The number of nitrogens with zero attached hydrogens (tertiary/aromatic N) is 3. The number of likely N-dealkylation sites (N-methyl/N-ethyl adjacent to an activating group) is 1. The first-order chi connectivity index (χ1) is 15.3. The van der Waals surface area contributed by atoms with Crippen LogP contribution in [-0.4, -0.2) is 53.8 Å². The number of pyridine rings is 1. The van der Waals surface area contributed by atoms with Crippen molar-refractivity contribution in [2.45, 2.75) is 13.0 Å². The van der Waals surface area contributed by atoms with Gasteiger partial charge in [0.15, 0.2) is 5.78 Å². The maximum atomic E-state index is 13.4. The van der Waals surface area contributed by atoms with E-state index in [0.29, 0.717) is 36.7 Å². The molecule has 3 N–H and O–H groups in total. The number of hydrogen-bond donors (Lipinski definition) is 2. The summed E-state index contributed by atoms with van der Waals surface area (Å²) in [4.78, 5) is 33.2. The van der Waals surface area contributed by atoms with E-state index < -0.39 is 5.82 Å². The van der Waals surface area contributed by atoms with Crippen LogP contribution in [0.2, 0.25) is 0 Å². The zero-order chi connectivity index (χ0) is 23.1. The van der Waals surface area contributed by atoms with Crippen molar-refractivity contribution in [1.82, 2.24) is 14.8 Å². The van der Waals surface area contributed by atoms with Gasteiger partial charge in [0.2, 0.25) is 0 Å². The Kier molecular flexibility index (Phi) is 7.91. The second-order valence-electron chi connectivity index (χ2n) is 7.67. The number of ketones is 1. The van der Waals surface area contributed by atoms with Gasteiger partial charge in [-0.25, -0.2) is 9.18 Å². The molecule has 0 fully saturated rings. The van der Waals surface area contributed by atoms with Gasteiger partial charge in [0.25, 0.3) is 0 Å². The van der Waals surface area contributed by atoms with Gasteiger partial charge in [-0.2, -0.15) is 0 Å². The van der Waals surface area contributed by atoms with E-state index in [1.165, 1.54) is 23.5 Å². The lowest BCUT2D eigenvalue weighted by atomic mass is 10.1. The van der Waals surface area contributed by atoms with Gasteiger partial charge in [0, 0.05) is 49.0 Å². The minimum atomic E-state index is -0.420. The monoisotopic (exact) mass is 455 g/mol. The number of nitrogens with one attached hydrogen (secondary N) is 1. The topological polar surface area (TPSA) is 91.6 Å². The van der Waals surface area contributed by atoms with Gasteiger partial charge in [-0.3, -0.25) is 9.78 Å². The van der Waals surface area contributed by atoms with Crippen LogP contribution in [0.25, 0.3) is 0 Å². The van der Waals surface area contributed by atoms with Crippen molar-refractivity contribution >= 4 is 34.5 Å². The van der Waals surface area contributed by atoms with Crippen molar-refractivity contribution in [3.63, 3.8) is 0 Å². The smallest absolute Gasteiger partial charge is 0.322 e. The molecule has 2 aromatic heterocycles. The lowest BCUT2D eigenvalue weighted by Crippen LogP contribution is -2.39. The molecule has 32 heavy (non-hydrogen) atoms. The first-order valence-corrected chi connectivity index (χ1v) is 11.0. The zero-order valence-electron chi connectivity index (χ0n) is 18.0. The summed E-state index contributed by atoms with van der Waals surface area (Å²) >= 11 is 1.46. The van der Waals surface area contributed by atoms with Crippen LogP contribution in [0.3, 0.4) is 0 Å². The average molecular weight is 456 g/mol. The maximum absolute atomic E-state index is 13.4. The van der Waals surface area contributed by atoms with Crippen molar-refractivity contribution in [2.75, 3.05) is 38.2 Å². The number of aromatic nitrogens is 1. The zero-order valence-corrected chi connectivity index (χ0v) is 18.9. The van der Waals surface area contributed by atoms with E-state index in [-0.39, 0.29) is 18.2 Å². The second kappa shape index (κ2) is 10.8. The molecule has 0 spiro atoms. The Morgan fingerprint density at radius 1 is 1.16 bits per heavy atom. The molecule has 0 aliphatic rings. The summed E-state index contributed by atoms with van der Waals surface area (Å²) in [6, 6.07) is 8.87. The summed E-state index contributed by atoms with van der Waals surface area (Å²) in [6.45, 7) is 1.42. The predicted molar refractivity (Wildman–Crippen MR) is 125 cm³/mol. The molecule has 0 atom stereocenters. The van der Waals surface area contributed by atoms with Gasteiger partial charge < -0.3 is 20.9 Å². The predicted octanol–water partition coefficient (Wildman–Crippen LogP) is 3.89. The Balaban J connectivity index is 1.67. The Morgan fingerprint density at radius 3 is 2.59 bits per heavy atom. The lowest BCUT2D eigenvalue weighted by Gasteiger charge is -2.25. The van der Waals surface area contributed by atoms with Gasteiger partial charge in [-0.1, -0.05) is 12.1 Å². The van der Waals surface area contributed by atoms with Crippen LogP contribution in [0, 0.1) is 5.82 Å². The van der Waals surface area contributed by atoms with Crippen LogP contribution in [-0.2, 0) is 13.0 Å². The molecular formula is C23H26FN5O2S. The number of thiophene rings is 1. The lowest BCUT2D eigenvalue weighted by molar-refractivity contribution is 0.0988. The number of benzene rings is 1. The molecule has 2 heterocycles. The molecule has 2 amide bonds. The largest absolute Gasteiger partial charge is 0.398 e. The number of nitrogen functional groups attached to an aromatic ring is 1.